The van der Waals surface area contributed by atoms with E-state index in [0.717, 1.165) is 16.4 Å². The number of sulfonamides is 1. The Morgan fingerprint density at radius 3 is 2.10 bits per heavy atom. The van der Waals surface area contributed by atoms with Gasteiger partial charge in [-0.05, 0) is 80.9 Å². The number of nitrogens with one attached hydrogen (secondary N) is 1. The Balaban J connectivity index is 2.06. The van der Waals surface area contributed by atoms with Crippen molar-refractivity contribution in [3.8, 4) is 5.75 Å². The molecule has 0 spiro atoms. The number of ether oxygens (including phenoxy) is 1. The second-order valence-corrected chi connectivity index (χ2v) is 12.1. The van der Waals surface area contributed by atoms with E-state index in [-0.39, 0.29) is 33.2 Å². The van der Waals surface area contributed by atoms with Gasteiger partial charge >= 0.3 is 0 Å². The molecular weight excluding hydrogens is 592 g/mol. The zero-order chi connectivity index (χ0) is 30.3. The molecule has 2 amide bonds. The van der Waals surface area contributed by atoms with Crippen LogP contribution in [0.5, 0.6) is 5.75 Å². The summed E-state index contributed by atoms with van der Waals surface area (Å²) in [7, 11) is -2.87. The predicted molar refractivity (Wildman–Crippen MR) is 158 cm³/mol. The van der Waals surface area contributed by atoms with Gasteiger partial charge in [-0.25, -0.2) is 12.8 Å². The van der Waals surface area contributed by atoms with Crippen molar-refractivity contribution in [3.63, 3.8) is 0 Å². The lowest BCUT2D eigenvalue weighted by Gasteiger charge is -2.32. The molecule has 1 N–H and O–H groups in total. The quantitative estimate of drug-likeness (QED) is 0.280. The minimum Gasteiger partial charge on any atom is -0.497 e. The number of nitrogens with zero attached hydrogens (tertiary/aromatic N) is 2. The average Bonchev–Trinajstić information content (AvgIpc) is 2.95. The smallest absolute Gasteiger partial charge is 0.264 e. The van der Waals surface area contributed by atoms with Crippen LogP contribution in [0.2, 0.25) is 10.0 Å². The molecule has 0 saturated carbocycles. The average molecular weight is 625 g/mol. The number of carbonyl (C=O) groups excluding carboxylic acids is 2. The van der Waals surface area contributed by atoms with E-state index in [4.69, 9.17) is 27.9 Å². The molecule has 0 bridgehead atoms. The Morgan fingerprint density at radius 2 is 1.56 bits per heavy atom. The third-order valence-electron chi connectivity index (χ3n) is 6.60. The molecule has 41 heavy (non-hydrogen) atoms. The van der Waals surface area contributed by atoms with Crippen LogP contribution in [0, 0.1) is 5.82 Å². The molecule has 0 aliphatic rings. The fourth-order valence-electron chi connectivity index (χ4n) is 3.91. The van der Waals surface area contributed by atoms with Gasteiger partial charge in [0.15, 0.2) is 0 Å². The van der Waals surface area contributed by atoms with Crippen molar-refractivity contribution < 1.29 is 27.1 Å². The van der Waals surface area contributed by atoms with Gasteiger partial charge < -0.3 is 15.0 Å². The second-order valence-electron chi connectivity index (χ2n) is 9.38. The molecule has 0 heterocycles. The molecule has 220 valence electrons. The number of rotatable bonds is 12. The van der Waals surface area contributed by atoms with Crippen LogP contribution >= 0.6 is 23.2 Å². The van der Waals surface area contributed by atoms with Crippen LogP contribution in [0.3, 0.4) is 0 Å². The van der Waals surface area contributed by atoms with Crippen LogP contribution in [0.25, 0.3) is 0 Å². The molecule has 8 nitrogen and oxygen atoms in total. The summed E-state index contributed by atoms with van der Waals surface area (Å²) in [5.41, 5.74) is 0.460. The molecule has 12 heteroatoms. The molecule has 3 aromatic rings. The summed E-state index contributed by atoms with van der Waals surface area (Å²) >= 11 is 12.8. The van der Waals surface area contributed by atoms with Crippen molar-refractivity contribution in [2.24, 2.45) is 0 Å². The standard InChI is InChI=1S/C29H32Cl2FN3O5S/c1-5-19(2)33-29(37)20(3)34(17-25-26(30)7-6-8-27(25)31)28(36)18-35(22-11-9-21(32)10-12-22)41(38,39)24-15-13-23(40-4)14-16-24/h6-16,19-20H,5,17-18H2,1-4H3,(H,33,37)/t19-,20+/m1/s1. The molecule has 0 radical (unpaired) electrons. The maximum Gasteiger partial charge on any atom is 0.264 e. The number of amides is 2. The van der Waals surface area contributed by atoms with Crippen molar-refractivity contribution in [2.45, 2.75) is 50.7 Å². The molecule has 0 aromatic heterocycles. The maximum atomic E-state index is 14.0. The van der Waals surface area contributed by atoms with Crippen LogP contribution in [0.4, 0.5) is 10.1 Å². The van der Waals surface area contributed by atoms with Gasteiger partial charge in [-0.3, -0.25) is 13.9 Å². The van der Waals surface area contributed by atoms with Crippen molar-refractivity contribution in [3.05, 3.63) is 88.2 Å². The first kappa shape index (κ1) is 32.2. The Kier molecular flexibility index (Phi) is 11.0. The van der Waals surface area contributed by atoms with E-state index in [1.165, 1.54) is 48.4 Å². The lowest BCUT2D eigenvalue weighted by molar-refractivity contribution is -0.139. The van der Waals surface area contributed by atoms with Gasteiger partial charge in [-0.15, -0.1) is 0 Å². The first-order valence-electron chi connectivity index (χ1n) is 12.8. The Bertz CT molecular complexity index is 1450. The highest BCUT2D eigenvalue weighted by molar-refractivity contribution is 7.92. The Labute approximate surface area is 250 Å². The molecule has 3 rings (SSSR count). The second kappa shape index (κ2) is 14.0. The van der Waals surface area contributed by atoms with Crippen LogP contribution < -0.4 is 14.4 Å². The molecule has 0 fully saturated rings. The summed E-state index contributed by atoms with van der Waals surface area (Å²) in [6.07, 6.45) is 0.668. The van der Waals surface area contributed by atoms with E-state index < -0.39 is 40.2 Å². The van der Waals surface area contributed by atoms with Gasteiger partial charge in [0.05, 0.1) is 17.7 Å². The highest BCUT2D eigenvalue weighted by atomic mass is 35.5. The summed E-state index contributed by atoms with van der Waals surface area (Å²) in [6, 6.07) is 14.1. The number of anilines is 1. The lowest BCUT2D eigenvalue weighted by atomic mass is 10.1. The van der Waals surface area contributed by atoms with Crippen molar-refractivity contribution in [2.75, 3.05) is 18.0 Å². The molecular formula is C29H32Cl2FN3O5S. The number of carbonyl (C=O) groups is 2. The highest BCUT2D eigenvalue weighted by Gasteiger charge is 2.33. The SMILES string of the molecule is CC[C@@H](C)NC(=O)[C@H](C)N(Cc1c(Cl)cccc1Cl)C(=O)CN(c1ccc(F)cc1)S(=O)(=O)c1ccc(OC)cc1. The number of benzene rings is 3. The van der Waals surface area contributed by atoms with E-state index in [1.54, 1.807) is 25.1 Å². The number of hydrogen-bond acceptors (Lipinski definition) is 5. The first-order valence-corrected chi connectivity index (χ1v) is 15.0. The minimum atomic E-state index is -4.32. The normalized spacial score (nSPS) is 12.8. The van der Waals surface area contributed by atoms with Gasteiger partial charge in [0.25, 0.3) is 10.0 Å². The van der Waals surface area contributed by atoms with Gasteiger partial charge in [-0.2, -0.15) is 0 Å². The number of methoxy groups -OCH3 is 1. The highest BCUT2D eigenvalue weighted by Crippen LogP contribution is 2.29. The summed E-state index contributed by atoms with van der Waals surface area (Å²) in [4.78, 5) is 28.2. The Hall–Kier alpha value is -3.34. The minimum absolute atomic E-state index is 0.0583. The van der Waals surface area contributed by atoms with E-state index in [0.29, 0.717) is 17.7 Å². The van der Waals surface area contributed by atoms with Crippen molar-refractivity contribution in [1.29, 1.82) is 0 Å². The van der Waals surface area contributed by atoms with Crippen LogP contribution in [0.1, 0.15) is 32.8 Å². The number of halogens is 3. The zero-order valence-corrected chi connectivity index (χ0v) is 25.4. The Morgan fingerprint density at radius 1 is 0.976 bits per heavy atom. The summed E-state index contributed by atoms with van der Waals surface area (Å²) in [6.45, 7) is 4.43. The van der Waals surface area contributed by atoms with Crippen LogP contribution in [-0.2, 0) is 26.2 Å². The monoisotopic (exact) mass is 623 g/mol. The molecule has 3 aromatic carbocycles. The van der Waals surface area contributed by atoms with Gasteiger partial charge in [-0.1, -0.05) is 36.2 Å². The van der Waals surface area contributed by atoms with E-state index >= 15 is 0 Å². The first-order chi connectivity index (χ1) is 19.4. The van der Waals surface area contributed by atoms with Gasteiger partial charge in [0, 0.05) is 28.2 Å². The van der Waals surface area contributed by atoms with Crippen molar-refractivity contribution >= 4 is 50.7 Å². The maximum absolute atomic E-state index is 14.0. The topological polar surface area (TPSA) is 96.0 Å². The molecule has 0 saturated heterocycles. The lowest BCUT2D eigenvalue weighted by Crippen LogP contribution is -2.52. The van der Waals surface area contributed by atoms with Crippen LogP contribution in [0.15, 0.2) is 71.6 Å². The summed E-state index contributed by atoms with van der Waals surface area (Å²) in [5, 5.41) is 3.42. The van der Waals surface area contributed by atoms with Crippen molar-refractivity contribution in [1.82, 2.24) is 10.2 Å². The van der Waals surface area contributed by atoms with E-state index in [9.17, 15) is 22.4 Å². The zero-order valence-electron chi connectivity index (χ0n) is 23.1. The predicted octanol–water partition coefficient (Wildman–Crippen LogP) is 5.67. The molecule has 0 unspecified atom stereocenters. The number of hydrogen-bond donors (Lipinski definition) is 1. The van der Waals surface area contributed by atoms with Gasteiger partial charge in [0.1, 0.15) is 24.2 Å². The molecule has 2 atom stereocenters. The molecule has 0 aliphatic heterocycles. The van der Waals surface area contributed by atoms with E-state index in [1.807, 2.05) is 13.8 Å². The van der Waals surface area contributed by atoms with Gasteiger partial charge in [0.2, 0.25) is 11.8 Å². The van der Waals surface area contributed by atoms with Crippen LogP contribution in [-0.4, -0.2) is 50.9 Å². The largest absolute Gasteiger partial charge is 0.497 e. The third kappa shape index (κ3) is 7.90. The summed E-state index contributed by atoms with van der Waals surface area (Å²) in [5.74, 6) is -1.26. The fourth-order valence-corrected chi connectivity index (χ4v) is 5.84. The summed E-state index contributed by atoms with van der Waals surface area (Å²) < 4.78 is 47.4. The third-order valence-corrected chi connectivity index (χ3v) is 9.10. The van der Waals surface area contributed by atoms with E-state index in [2.05, 4.69) is 5.32 Å². The molecule has 0 aliphatic carbocycles. The fraction of sp³-hybridized carbons (Fsp3) is 0.310.